The Labute approximate surface area is 452 Å². The van der Waals surface area contributed by atoms with Crippen LogP contribution < -0.4 is 114 Å². The standard InChI is InChI=1S/C38H27N5O13S3.2Cu.3Na/c44-30-16-20(9-13-27(30)40-42-29-19-33(58(51,52)53)26-7-4-8-32(57(48,49)50)35(26)38(29)47)21-10-14-28(31(45)17-21)41-43-36-34(59(54,55)56)18-22-15-24(11-12-25(22)37(36)46)39-23-5-2-1-3-6-23;;;;;/h1-19,39,44-47H,(H,48,49,50)(H,51,52,53)(H,54,55,56);;;;;/q;2*+2;3*+1/p-7. The summed E-state index contributed by atoms with van der Waals surface area (Å²) < 4.78 is 108. The molecule has 318 valence electrons. The molecule has 0 bridgehead atoms. The first-order valence-electron chi connectivity index (χ1n) is 16.5. The largest absolute Gasteiger partial charge is 2.00 e. The number of para-hydroxylation sites is 1. The number of azo groups is 2. The number of fused-ring (bicyclic) bond motifs is 2. The van der Waals surface area contributed by atoms with E-state index in [2.05, 4.69) is 25.8 Å². The first-order valence-corrected chi connectivity index (χ1v) is 20.7. The molecule has 0 aliphatic heterocycles. The molecule has 0 heterocycles. The van der Waals surface area contributed by atoms with E-state index < -0.39 is 95.9 Å². The normalized spacial score (nSPS) is 11.5. The monoisotopic (exact) mass is 1040 g/mol. The summed E-state index contributed by atoms with van der Waals surface area (Å²) in [5.41, 5.74) is -0.936. The van der Waals surface area contributed by atoms with Crippen LogP contribution in [0.1, 0.15) is 0 Å². The van der Waals surface area contributed by atoms with E-state index in [4.69, 9.17) is 0 Å². The van der Waals surface area contributed by atoms with Gasteiger partial charge in [-0.25, -0.2) is 25.3 Å². The topological polar surface area (TPSA) is 325 Å². The molecule has 0 aromatic heterocycles. The molecule has 64 heavy (non-hydrogen) atoms. The Balaban J connectivity index is 0.00000282. The van der Waals surface area contributed by atoms with Gasteiger partial charge in [0.1, 0.15) is 30.4 Å². The van der Waals surface area contributed by atoms with Gasteiger partial charge in [0, 0.05) is 11.4 Å². The maximum atomic E-state index is 13.4. The fourth-order valence-corrected chi connectivity index (χ4v) is 8.04. The Morgan fingerprint density at radius 1 is 0.438 bits per heavy atom. The van der Waals surface area contributed by atoms with Crippen molar-refractivity contribution in [2.75, 3.05) is 5.32 Å². The average Bonchev–Trinajstić information content (AvgIpc) is 3.17. The molecule has 0 saturated carbocycles. The zero-order chi connectivity index (χ0) is 42.4. The molecule has 7 aromatic carbocycles. The third-order valence-electron chi connectivity index (χ3n) is 8.70. The SMILES string of the molecule is O=S(=O)([O-])c1cc2cc(Nc3ccccc3)ccc2c([O-])c1N=Nc1ccc(-c2ccc(N=Nc3cc(S(=O)(=O)[O-])c4cccc(S(=O)(=O)[O-])c4c3[O-])c([O-])c2)cc1[O-].[Cu+2].[Cu+2].[Na+].[Na+].[Na+]. The second kappa shape index (κ2) is 22.7. The molecule has 7 aromatic rings. The van der Waals surface area contributed by atoms with Gasteiger partial charge < -0.3 is 39.4 Å². The maximum absolute atomic E-state index is 13.4. The molecule has 7 rings (SSSR count). The van der Waals surface area contributed by atoms with E-state index in [1.165, 1.54) is 24.3 Å². The van der Waals surface area contributed by atoms with Crippen molar-refractivity contribution in [3.63, 3.8) is 0 Å². The van der Waals surface area contributed by atoms with Crippen molar-refractivity contribution in [2.24, 2.45) is 20.5 Å². The van der Waals surface area contributed by atoms with Crippen LogP contribution in [-0.4, -0.2) is 38.9 Å². The summed E-state index contributed by atoms with van der Waals surface area (Å²) in [6, 6.07) is 24.6. The number of benzene rings is 7. The zero-order valence-corrected chi connectivity index (χ0v) is 43.2. The van der Waals surface area contributed by atoms with Crippen LogP contribution in [-0.2, 0) is 64.5 Å². The van der Waals surface area contributed by atoms with E-state index in [1.807, 2.05) is 6.07 Å². The maximum Gasteiger partial charge on any atom is 2.00 e. The first-order chi connectivity index (χ1) is 27.8. The zero-order valence-electron chi connectivity index (χ0n) is 32.9. The molecular formula is C38H20Cu2N5Na3O13S3. The van der Waals surface area contributed by atoms with Gasteiger partial charge in [0.05, 0.1) is 37.4 Å². The molecule has 0 unspecified atom stereocenters. The minimum Gasteiger partial charge on any atom is -0.871 e. The Morgan fingerprint density at radius 3 is 1.50 bits per heavy atom. The molecule has 0 amide bonds. The van der Waals surface area contributed by atoms with Crippen molar-refractivity contribution in [1.29, 1.82) is 0 Å². The van der Waals surface area contributed by atoms with Gasteiger partial charge in [-0.3, -0.25) is 0 Å². The van der Waals surface area contributed by atoms with Crippen molar-refractivity contribution in [3.05, 3.63) is 115 Å². The predicted molar refractivity (Wildman–Crippen MR) is 200 cm³/mol. The van der Waals surface area contributed by atoms with Gasteiger partial charge in [-0.2, -0.15) is 15.3 Å². The van der Waals surface area contributed by atoms with Gasteiger partial charge in [-0.1, -0.05) is 83.7 Å². The fraction of sp³-hybridized carbons (Fsp3) is 0. The van der Waals surface area contributed by atoms with Crippen LogP contribution in [0.4, 0.5) is 34.1 Å². The van der Waals surface area contributed by atoms with Crippen LogP contribution >= 0.6 is 0 Å². The van der Waals surface area contributed by atoms with Gasteiger partial charge in [-0.15, -0.1) is 5.11 Å². The summed E-state index contributed by atoms with van der Waals surface area (Å²) in [5.74, 6) is -3.82. The minimum absolute atomic E-state index is 0. The van der Waals surface area contributed by atoms with Crippen LogP contribution in [0.15, 0.2) is 150 Å². The van der Waals surface area contributed by atoms with Crippen LogP contribution in [0, 0.1) is 0 Å². The molecule has 18 nitrogen and oxygen atoms in total. The second-order valence-corrected chi connectivity index (χ2v) is 16.6. The van der Waals surface area contributed by atoms with Crippen molar-refractivity contribution in [1.82, 2.24) is 0 Å². The van der Waals surface area contributed by atoms with E-state index in [9.17, 15) is 59.3 Å². The van der Waals surface area contributed by atoms with Gasteiger partial charge in [0.15, 0.2) is 0 Å². The molecule has 0 aliphatic rings. The fourth-order valence-electron chi connectivity index (χ4n) is 6.01. The van der Waals surface area contributed by atoms with Crippen LogP contribution in [0.2, 0.25) is 0 Å². The third kappa shape index (κ3) is 12.5. The van der Waals surface area contributed by atoms with E-state index in [0.29, 0.717) is 17.4 Å². The van der Waals surface area contributed by atoms with Crippen LogP contribution in [0.5, 0.6) is 23.0 Å². The number of nitrogens with zero attached hydrogens (tertiary/aromatic N) is 4. The van der Waals surface area contributed by atoms with E-state index in [-0.39, 0.29) is 150 Å². The van der Waals surface area contributed by atoms with Crippen molar-refractivity contribution in [3.8, 4) is 34.1 Å². The molecule has 0 saturated heterocycles. The van der Waals surface area contributed by atoms with Gasteiger partial charge in [0.2, 0.25) is 0 Å². The van der Waals surface area contributed by atoms with Gasteiger partial charge in [0.25, 0.3) is 0 Å². The number of rotatable bonds is 10. The summed E-state index contributed by atoms with van der Waals surface area (Å²) >= 11 is 0. The summed E-state index contributed by atoms with van der Waals surface area (Å²) in [6.45, 7) is 0. The minimum atomic E-state index is -5.35. The second-order valence-electron chi connectivity index (χ2n) is 12.5. The summed E-state index contributed by atoms with van der Waals surface area (Å²) in [7, 11) is -15.9. The number of hydrogen-bond acceptors (Lipinski definition) is 18. The summed E-state index contributed by atoms with van der Waals surface area (Å²) in [6.07, 6.45) is 0. The Hall–Kier alpha value is -2.97. The summed E-state index contributed by atoms with van der Waals surface area (Å²) in [5, 5.41) is 69.0. The van der Waals surface area contributed by atoms with Crippen molar-refractivity contribution in [2.45, 2.75) is 14.7 Å². The van der Waals surface area contributed by atoms with E-state index in [1.54, 1.807) is 30.3 Å². The van der Waals surface area contributed by atoms with Crippen LogP contribution in [0.3, 0.4) is 0 Å². The number of nitrogens with one attached hydrogen (secondary N) is 1. The molecule has 2 radical (unpaired) electrons. The molecule has 26 heteroatoms. The van der Waals surface area contributed by atoms with Crippen molar-refractivity contribution >= 4 is 86.0 Å². The Morgan fingerprint density at radius 2 is 0.969 bits per heavy atom. The number of anilines is 2. The third-order valence-corrected chi connectivity index (χ3v) is 11.3. The van der Waals surface area contributed by atoms with E-state index >= 15 is 0 Å². The summed E-state index contributed by atoms with van der Waals surface area (Å²) in [4.78, 5) is -3.12. The molecule has 0 spiro atoms. The Kier molecular flexibility index (Phi) is 20.3. The quantitative estimate of drug-likeness (QED) is 0.0782. The smallest absolute Gasteiger partial charge is 0.871 e. The first kappa shape index (κ1) is 57.2. The molecule has 1 N–H and O–H groups in total. The molecule has 0 atom stereocenters. The van der Waals surface area contributed by atoms with Crippen LogP contribution in [0.25, 0.3) is 32.7 Å². The molecular weight excluding hydrogens is 1030 g/mol. The van der Waals surface area contributed by atoms with E-state index in [0.717, 1.165) is 48.5 Å². The molecule has 0 fully saturated rings. The molecule has 0 aliphatic carbocycles. The predicted octanol–water partition coefficient (Wildman–Crippen LogP) is -3.75. The van der Waals surface area contributed by atoms with Gasteiger partial charge >= 0.3 is 123 Å². The van der Waals surface area contributed by atoms with Crippen molar-refractivity contribution < 1.29 is 182 Å². The van der Waals surface area contributed by atoms with Gasteiger partial charge in [-0.05, 0) is 87.3 Å². The number of hydrogen-bond donors (Lipinski definition) is 1. The average molecular weight is 1050 g/mol. The Bertz CT molecular complexity index is 3300.